The van der Waals surface area contributed by atoms with Gasteiger partial charge in [-0.3, -0.25) is 4.79 Å². The number of carbonyl (C=O) groups is 3. The van der Waals surface area contributed by atoms with Gasteiger partial charge in [0.25, 0.3) is 0 Å². The monoisotopic (exact) mass is 478 g/mol. The van der Waals surface area contributed by atoms with Gasteiger partial charge in [0.1, 0.15) is 12.6 Å². The maximum absolute atomic E-state index is 13.0. The van der Waals surface area contributed by atoms with Gasteiger partial charge < -0.3 is 20.5 Å². The Hall–Kier alpha value is -3.56. The smallest absolute Gasteiger partial charge is 0.419 e. The number of hydrogen-bond acceptors (Lipinski definition) is 4. The number of alkyl carbamates (subject to hydrolysis) is 1. The van der Waals surface area contributed by atoms with Crippen LogP contribution in [0, 0.1) is 5.92 Å². The van der Waals surface area contributed by atoms with Crippen molar-refractivity contribution in [2.45, 2.75) is 44.4 Å². The molecule has 1 aliphatic rings. The maximum atomic E-state index is 13.0. The quantitative estimate of drug-likeness (QED) is 0.531. The third kappa shape index (κ3) is 5.32. The molecule has 0 saturated carbocycles. The number of benzene rings is 2. The number of aliphatic carboxylic acids is 1. The van der Waals surface area contributed by atoms with E-state index in [1.165, 1.54) is 5.32 Å². The van der Waals surface area contributed by atoms with Crippen molar-refractivity contribution in [1.82, 2.24) is 10.6 Å². The molecule has 0 heterocycles. The molecule has 0 radical (unpaired) electrons. The molecule has 0 spiro atoms. The molecule has 3 unspecified atom stereocenters. The fourth-order valence-electron chi connectivity index (χ4n) is 3.98. The highest BCUT2D eigenvalue weighted by Gasteiger charge is 2.47. The van der Waals surface area contributed by atoms with E-state index < -0.39 is 42.1 Å². The minimum Gasteiger partial charge on any atom is -0.479 e. The zero-order valence-electron chi connectivity index (χ0n) is 18.6. The predicted molar refractivity (Wildman–Crippen MR) is 117 cm³/mol. The minimum atomic E-state index is -5.19. The average Bonchev–Trinajstić information content (AvgIpc) is 3.11. The van der Waals surface area contributed by atoms with Gasteiger partial charge in [0, 0.05) is 5.92 Å². The van der Waals surface area contributed by atoms with E-state index in [0.29, 0.717) is 6.42 Å². The fraction of sp³-hybridized carbons (Fsp3) is 0.375. The second-order valence-corrected chi connectivity index (χ2v) is 8.15. The fourth-order valence-corrected chi connectivity index (χ4v) is 3.98. The van der Waals surface area contributed by atoms with Crippen LogP contribution >= 0.6 is 0 Å². The van der Waals surface area contributed by atoms with Crippen LogP contribution in [0.4, 0.5) is 18.0 Å². The molecule has 2 amide bonds. The SMILES string of the molecule is CCC(C)C(NC(=O)OCC1c2ccccc2-c2ccccc21)C(=O)NC(C(=O)O)C(F)(F)F. The molecule has 7 nitrogen and oxygen atoms in total. The lowest BCUT2D eigenvalue weighted by Crippen LogP contribution is -2.58. The number of alkyl halides is 3. The van der Waals surface area contributed by atoms with Crippen LogP contribution in [0.5, 0.6) is 0 Å². The van der Waals surface area contributed by atoms with Crippen molar-refractivity contribution in [3.05, 3.63) is 59.7 Å². The van der Waals surface area contributed by atoms with E-state index in [0.717, 1.165) is 22.3 Å². The molecule has 2 aromatic rings. The lowest BCUT2D eigenvalue weighted by molar-refractivity contribution is -0.182. The van der Waals surface area contributed by atoms with Gasteiger partial charge in [-0.05, 0) is 28.2 Å². The van der Waals surface area contributed by atoms with Gasteiger partial charge in [-0.1, -0.05) is 68.8 Å². The second-order valence-electron chi connectivity index (χ2n) is 8.15. The summed E-state index contributed by atoms with van der Waals surface area (Å²) in [5, 5.41) is 12.6. The van der Waals surface area contributed by atoms with E-state index in [2.05, 4.69) is 5.32 Å². The summed E-state index contributed by atoms with van der Waals surface area (Å²) in [6.07, 6.45) is -5.84. The van der Waals surface area contributed by atoms with E-state index in [9.17, 15) is 27.6 Å². The molecule has 3 rings (SSSR count). The van der Waals surface area contributed by atoms with Gasteiger partial charge >= 0.3 is 18.2 Å². The van der Waals surface area contributed by atoms with Crippen molar-refractivity contribution in [3.8, 4) is 11.1 Å². The molecular formula is C24H25F3N2O5. The Labute approximate surface area is 194 Å². The van der Waals surface area contributed by atoms with E-state index in [1.807, 2.05) is 48.5 Å². The summed E-state index contributed by atoms with van der Waals surface area (Å²) >= 11 is 0. The number of rotatable bonds is 8. The molecule has 2 aromatic carbocycles. The summed E-state index contributed by atoms with van der Waals surface area (Å²) in [6.45, 7) is 3.19. The van der Waals surface area contributed by atoms with E-state index in [4.69, 9.17) is 9.84 Å². The van der Waals surface area contributed by atoms with E-state index in [-0.39, 0.29) is 12.5 Å². The first kappa shape index (κ1) is 25.1. The van der Waals surface area contributed by atoms with Crippen LogP contribution in [0.2, 0.25) is 0 Å². The van der Waals surface area contributed by atoms with Crippen molar-refractivity contribution >= 4 is 18.0 Å². The van der Waals surface area contributed by atoms with Crippen LogP contribution in [-0.4, -0.2) is 47.9 Å². The molecule has 1 aliphatic carbocycles. The van der Waals surface area contributed by atoms with E-state index in [1.54, 1.807) is 13.8 Å². The number of hydrogen-bond donors (Lipinski definition) is 3. The number of fused-ring (bicyclic) bond motifs is 3. The largest absolute Gasteiger partial charge is 0.479 e. The third-order valence-electron chi connectivity index (χ3n) is 5.97. The first-order chi connectivity index (χ1) is 16.0. The molecule has 0 bridgehead atoms. The molecule has 0 fully saturated rings. The average molecular weight is 478 g/mol. The van der Waals surface area contributed by atoms with Gasteiger partial charge in [-0.25, -0.2) is 9.59 Å². The topological polar surface area (TPSA) is 105 Å². The Bertz CT molecular complexity index is 1030. The number of carboxylic acid groups (broad SMARTS) is 1. The summed E-state index contributed by atoms with van der Waals surface area (Å²) < 4.78 is 44.3. The molecule has 3 atom stereocenters. The lowest BCUT2D eigenvalue weighted by Gasteiger charge is -2.26. The number of halogens is 3. The normalized spacial score (nSPS) is 15.4. The standard InChI is InChI=1S/C24H25F3N2O5/c1-3-13(2)19(21(30)29-20(22(31)32)24(25,26)27)28-23(33)34-12-18-16-10-6-4-8-14(16)15-9-5-7-11-17(15)18/h4-11,13,18-20H,3,12H2,1-2H3,(H,28,33)(H,29,30)(H,31,32). The lowest BCUT2D eigenvalue weighted by atomic mass is 9.98. The first-order valence-corrected chi connectivity index (χ1v) is 10.8. The zero-order chi connectivity index (χ0) is 25.0. The summed E-state index contributed by atoms with van der Waals surface area (Å²) in [5.41, 5.74) is 4.00. The van der Waals surface area contributed by atoms with Crippen LogP contribution in [-0.2, 0) is 14.3 Å². The summed E-state index contributed by atoms with van der Waals surface area (Å²) in [5.74, 6) is -4.32. The van der Waals surface area contributed by atoms with Crippen molar-refractivity contribution in [2.75, 3.05) is 6.61 Å². The van der Waals surface area contributed by atoms with Gasteiger partial charge in [-0.15, -0.1) is 0 Å². The zero-order valence-corrected chi connectivity index (χ0v) is 18.6. The number of ether oxygens (including phenoxy) is 1. The van der Waals surface area contributed by atoms with Gasteiger partial charge in [0.05, 0.1) is 0 Å². The maximum Gasteiger partial charge on any atom is 0.419 e. The molecule has 182 valence electrons. The minimum absolute atomic E-state index is 0.0466. The van der Waals surface area contributed by atoms with Crippen molar-refractivity contribution in [3.63, 3.8) is 0 Å². The van der Waals surface area contributed by atoms with Gasteiger partial charge in [0.2, 0.25) is 11.9 Å². The number of nitrogens with one attached hydrogen (secondary N) is 2. The van der Waals surface area contributed by atoms with Gasteiger partial charge in [-0.2, -0.15) is 13.2 Å². The summed E-state index contributed by atoms with van der Waals surface area (Å²) in [4.78, 5) is 36.0. The molecule has 3 N–H and O–H groups in total. The number of amides is 2. The molecular weight excluding hydrogens is 453 g/mol. The third-order valence-corrected chi connectivity index (χ3v) is 5.97. The Morgan fingerprint density at radius 3 is 2.00 bits per heavy atom. The highest BCUT2D eigenvalue weighted by atomic mass is 19.4. The first-order valence-electron chi connectivity index (χ1n) is 10.8. The van der Waals surface area contributed by atoms with Crippen LogP contribution in [0.25, 0.3) is 11.1 Å². The number of carbonyl (C=O) groups excluding carboxylic acids is 2. The van der Waals surface area contributed by atoms with E-state index >= 15 is 0 Å². The highest BCUT2D eigenvalue weighted by Crippen LogP contribution is 2.44. The Balaban J connectivity index is 1.70. The summed E-state index contributed by atoms with van der Waals surface area (Å²) in [6, 6.07) is 10.9. The van der Waals surface area contributed by atoms with Crippen molar-refractivity contribution < 1.29 is 37.4 Å². The Morgan fingerprint density at radius 2 is 1.53 bits per heavy atom. The van der Waals surface area contributed by atoms with Crippen molar-refractivity contribution in [2.24, 2.45) is 5.92 Å². The second kappa shape index (κ2) is 10.1. The van der Waals surface area contributed by atoms with Crippen LogP contribution in [0.1, 0.15) is 37.3 Å². The van der Waals surface area contributed by atoms with Crippen LogP contribution in [0.15, 0.2) is 48.5 Å². The number of carboxylic acids is 1. The van der Waals surface area contributed by atoms with Crippen LogP contribution in [0.3, 0.4) is 0 Å². The molecule has 0 aromatic heterocycles. The Kier molecular flexibility index (Phi) is 7.48. The van der Waals surface area contributed by atoms with Crippen LogP contribution < -0.4 is 10.6 Å². The molecule has 10 heteroatoms. The Morgan fingerprint density at radius 1 is 1.00 bits per heavy atom. The molecule has 0 aliphatic heterocycles. The highest BCUT2D eigenvalue weighted by molar-refractivity contribution is 5.90. The van der Waals surface area contributed by atoms with Gasteiger partial charge in [0.15, 0.2) is 0 Å². The summed E-state index contributed by atoms with van der Waals surface area (Å²) in [7, 11) is 0. The molecule has 34 heavy (non-hydrogen) atoms. The predicted octanol–water partition coefficient (Wildman–Crippen LogP) is 4.07. The van der Waals surface area contributed by atoms with Crippen molar-refractivity contribution in [1.29, 1.82) is 0 Å². The molecule has 0 saturated heterocycles.